The van der Waals surface area contributed by atoms with E-state index in [9.17, 15) is 9.59 Å². The van der Waals surface area contributed by atoms with E-state index < -0.39 is 5.91 Å². The van der Waals surface area contributed by atoms with Crippen molar-refractivity contribution in [3.8, 4) is 23.3 Å². The summed E-state index contributed by atoms with van der Waals surface area (Å²) >= 11 is 1.21. The lowest BCUT2D eigenvalue weighted by Crippen LogP contribution is -2.19. The van der Waals surface area contributed by atoms with E-state index >= 15 is 0 Å². The van der Waals surface area contributed by atoms with E-state index in [4.69, 9.17) is 23.7 Å². The van der Waals surface area contributed by atoms with Gasteiger partial charge in [-0.25, -0.2) is 4.98 Å². The Bertz CT molecular complexity index is 1130. The molecule has 0 radical (unpaired) electrons. The van der Waals surface area contributed by atoms with Crippen molar-refractivity contribution in [2.24, 2.45) is 0 Å². The number of methoxy groups -OCH3 is 2. The largest absolute Gasteiger partial charge is 0.497 e. The molecule has 35 heavy (non-hydrogen) atoms. The molecule has 0 unspecified atom stereocenters. The number of carbonyl (C=O) groups excluding carboxylic acids is 2. The zero-order valence-corrected chi connectivity index (χ0v) is 20.7. The van der Waals surface area contributed by atoms with Crippen LogP contribution in [0.1, 0.15) is 29.9 Å². The monoisotopic (exact) mass is 501 g/mol. The van der Waals surface area contributed by atoms with Crippen molar-refractivity contribution in [2.75, 3.05) is 32.8 Å². The maximum atomic E-state index is 13.0. The van der Waals surface area contributed by atoms with Crippen LogP contribution in [0.2, 0.25) is 0 Å². The summed E-state index contributed by atoms with van der Waals surface area (Å²) in [7, 11) is 3.14. The molecule has 3 rings (SSSR count). The highest BCUT2D eigenvalue weighted by Crippen LogP contribution is 2.27. The smallest absolute Gasteiger partial charge is 0.311 e. The molecule has 0 saturated carbocycles. The van der Waals surface area contributed by atoms with Crippen LogP contribution in [0.5, 0.6) is 23.3 Å². The second kappa shape index (κ2) is 12.7. The number of rotatable bonds is 12. The fourth-order valence-electron chi connectivity index (χ4n) is 2.94. The number of nitrogens with zero attached hydrogens (tertiary/aromatic N) is 2. The summed E-state index contributed by atoms with van der Waals surface area (Å²) in [5, 5.41) is 4.77. The quantitative estimate of drug-likeness (QED) is 0.366. The van der Waals surface area contributed by atoms with E-state index in [-0.39, 0.29) is 35.8 Å². The average Bonchev–Trinajstić information content (AvgIpc) is 3.26. The zero-order chi connectivity index (χ0) is 25.2. The Hall–Kier alpha value is -3.70. The molecule has 0 aliphatic heterocycles. The van der Waals surface area contributed by atoms with Gasteiger partial charge in [-0.05, 0) is 38.1 Å². The summed E-state index contributed by atoms with van der Waals surface area (Å²) in [6.45, 7) is 4.20. The van der Waals surface area contributed by atoms with Gasteiger partial charge in [0.1, 0.15) is 17.6 Å². The van der Waals surface area contributed by atoms with E-state index in [1.54, 1.807) is 50.8 Å². The van der Waals surface area contributed by atoms with Crippen molar-refractivity contribution in [2.45, 2.75) is 26.4 Å². The van der Waals surface area contributed by atoms with Gasteiger partial charge in [0.2, 0.25) is 11.8 Å². The Morgan fingerprint density at radius 3 is 2.46 bits per heavy atom. The second-order valence-electron chi connectivity index (χ2n) is 7.27. The lowest BCUT2D eigenvalue weighted by Gasteiger charge is -2.15. The van der Waals surface area contributed by atoms with E-state index in [0.717, 1.165) is 0 Å². The lowest BCUT2D eigenvalue weighted by molar-refractivity contribution is -0.142. The van der Waals surface area contributed by atoms with E-state index in [1.165, 1.54) is 23.5 Å². The van der Waals surface area contributed by atoms with E-state index in [0.29, 0.717) is 35.5 Å². The Balaban J connectivity index is 1.79. The van der Waals surface area contributed by atoms with Crippen LogP contribution in [0.4, 0.5) is 5.13 Å². The number of anilines is 1. The molecule has 10 nitrogen and oxygen atoms in total. The minimum absolute atomic E-state index is 0.0324. The molecule has 0 saturated heterocycles. The van der Waals surface area contributed by atoms with E-state index in [2.05, 4.69) is 15.3 Å². The predicted molar refractivity (Wildman–Crippen MR) is 130 cm³/mol. The fraction of sp³-hybridized carbons (Fsp3) is 0.333. The minimum atomic E-state index is -0.437. The normalized spacial score (nSPS) is 11.4. The van der Waals surface area contributed by atoms with Crippen LogP contribution in [0.3, 0.4) is 0 Å². The number of ether oxygens (including phenoxy) is 5. The summed E-state index contributed by atoms with van der Waals surface area (Å²) in [5.74, 6) is 0.750. The molecule has 1 amide bonds. The Morgan fingerprint density at radius 1 is 1.06 bits per heavy atom. The lowest BCUT2D eigenvalue weighted by atomic mass is 10.2. The highest BCUT2D eigenvalue weighted by atomic mass is 32.1. The highest BCUT2D eigenvalue weighted by Gasteiger charge is 2.16. The van der Waals surface area contributed by atoms with Crippen LogP contribution in [-0.2, 0) is 20.7 Å². The maximum Gasteiger partial charge on any atom is 0.311 e. The molecule has 0 aliphatic rings. The van der Waals surface area contributed by atoms with Crippen molar-refractivity contribution >= 4 is 28.3 Å². The second-order valence-corrected chi connectivity index (χ2v) is 8.13. The Kier molecular flexibility index (Phi) is 9.39. The van der Waals surface area contributed by atoms with Gasteiger partial charge in [0, 0.05) is 24.6 Å². The van der Waals surface area contributed by atoms with Crippen LogP contribution in [0.25, 0.3) is 0 Å². The maximum absolute atomic E-state index is 13.0. The van der Waals surface area contributed by atoms with E-state index in [1.807, 2.05) is 6.92 Å². The van der Waals surface area contributed by atoms with Gasteiger partial charge in [0.05, 0.1) is 38.0 Å². The van der Waals surface area contributed by atoms with Crippen molar-refractivity contribution in [3.63, 3.8) is 0 Å². The van der Waals surface area contributed by atoms with Gasteiger partial charge in [-0.15, -0.1) is 11.3 Å². The van der Waals surface area contributed by atoms with Gasteiger partial charge in [-0.3, -0.25) is 14.9 Å². The molecule has 0 aliphatic carbocycles. The molecule has 2 aromatic heterocycles. The Morgan fingerprint density at radius 2 is 1.77 bits per heavy atom. The fourth-order valence-corrected chi connectivity index (χ4v) is 3.64. The van der Waals surface area contributed by atoms with Crippen molar-refractivity contribution in [3.05, 3.63) is 53.0 Å². The first-order valence-corrected chi connectivity index (χ1v) is 11.7. The van der Waals surface area contributed by atoms with Gasteiger partial charge in [0.15, 0.2) is 5.13 Å². The van der Waals surface area contributed by atoms with Crippen LogP contribution >= 0.6 is 11.3 Å². The first-order valence-electron chi connectivity index (χ1n) is 10.8. The van der Waals surface area contributed by atoms with Crippen molar-refractivity contribution < 1.29 is 33.3 Å². The number of hydrogen-bond acceptors (Lipinski definition) is 10. The summed E-state index contributed by atoms with van der Waals surface area (Å²) in [6, 6.07) is 9.96. The first-order chi connectivity index (χ1) is 16.9. The number of amides is 1. The summed E-state index contributed by atoms with van der Waals surface area (Å²) < 4.78 is 26.9. The summed E-state index contributed by atoms with van der Waals surface area (Å²) in [5.41, 5.74) is 0.768. The number of thiazole rings is 1. The van der Waals surface area contributed by atoms with Crippen LogP contribution in [0, 0.1) is 0 Å². The number of pyridine rings is 1. The highest BCUT2D eigenvalue weighted by molar-refractivity contribution is 7.14. The topological polar surface area (TPSA) is 118 Å². The number of esters is 1. The van der Waals surface area contributed by atoms with Gasteiger partial charge >= 0.3 is 5.97 Å². The number of aromatic nitrogens is 2. The van der Waals surface area contributed by atoms with Crippen LogP contribution in [-0.4, -0.2) is 55.4 Å². The molecular formula is C24H27N3O7S. The molecule has 0 fully saturated rings. The summed E-state index contributed by atoms with van der Waals surface area (Å²) in [4.78, 5) is 33.3. The first kappa shape index (κ1) is 25.9. The minimum Gasteiger partial charge on any atom is -0.497 e. The van der Waals surface area contributed by atoms with Gasteiger partial charge < -0.3 is 23.7 Å². The standard InChI is InChI=1S/C24H27N3O7S/c1-5-32-22(28)12-17-14-35-24(25-17)27-23(29)16-10-20(33-15(2)13-30-3)26-21(11-16)34-19-8-6-18(31-4)7-9-19/h6-11,14-15H,5,12-13H2,1-4H3,(H,25,27,29)/t15-/m1/s1. The molecule has 3 aromatic rings. The predicted octanol–water partition coefficient (Wildman–Crippen LogP) is 4.11. The molecule has 186 valence electrons. The molecule has 2 heterocycles. The Labute approximate surface area is 207 Å². The molecule has 0 bridgehead atoms. The number of benzene rings is 1. The van der Waals surface area contributed by atoms with Crippen LogP contribution < -0.4 is 19.5 Å². The number of carbonyl (C=O) groups is 2. The molecular weight excluding hydrogens is 474 g/mol. The van der Waals surface area contributed by atoms with Crippen LogP contribution in [0.15, 0.2) is 41.8 Å². The zero-order valence-electron chi connectivity index (χ0n) is 19.9. The SMILES string of the molecule is CCOC(=O)Cc1csc(NC(=O)c2cc(Oc3ccc(OC)cc3)nc(O[C@H](C)COC)c2)n1. The third kappa shape index (κ3) is 7.94. The molecule has 1 N–H and O–H groups in total. The average molecular weight is 502 g/mol. The summed E-state index contributed by atoms with van der Waals surface area (Å²) in [6.07, 6.45) is -0.269. The van der Waals surface area contributed by atoms with Crippen molar-refractivity contribution in [1.82, 2.24) is 9.97 Å². The molecule has 1 atom stereocenters. The third-order valence-corrected chi connectivity index (χ3v) is 5.26. The molecule has 11 heteroatoms. The number of hydrogen-bond donors (Lipinski definition) is 1. The van der Waals surface area contributed by atoms with Gasteiger partial charge in [-0.1, -0.05) is 0 Å². The number of nitrogens with one attached hydrogen (secondary N) is 1. The van der Waals surface area contributed by atoms with Crippen molar-refractivity contribution in [1.29, 1.82) is 0 Å². The van der Waals surface area contributed by atoms with Gasteiger partial charge in [-0.2, -0.15) is 4.98 Å². The molecule has 1 aromatic carbocycles. The van der Waals surface area contributed by atoms with Gasteiger partial charge in [0.25, 0.3) is 5.91 Å². The third-order valence-electron chi connectivity index (χ3n) is 4.45. The molecule has 0 spiro atoms.